The third-order valence-electron chi connectivity index (χ3n) is 4.13. The Morgan fingerprint density at radius 2 is 1.68 bits per heavy atom. The van der Waals surface area contributed by atoms with Crippen molar-refractivity contribution in [2.24, 2.45) is 0 Å². The molecule has 7 heteroatoms. The molecule has 1 amide bonds. The van der Waals surface area contributed by atoms with Crippen molar-refractivity contribution in [3.63, 3.8) is 0 Å². The van der Waals surface area contributed by atoms with Crippen LogP contribution >= 0.6 is 0 Å². The van der Waals surface area contributed by atoms with Crippen LogP contribution in [0.15, 0.2) is 78.9 Å². The summed E-state index contributed by atoms with van der Waals surface area (Å²) in [5.41, 5.74) is 4.54. The van der Waals surface area contributed by atoms with Gasteiger partial charge in [-0.1, -0.05) is 48.5 Å². The molecule has 0 atom stereocenters. The summed E-state index contributed by atoms with van der Waals surface area (Å²) in [6, 6.07) is 23.2. The van der Waals surface area contributed by atoms with E-state index in [4.69, 9.17) is 4.74 Å². The molecule has 1 N–H and O–H groups in total. The predicted octanol–water partition coefficient (Wildman–Crippen LogP) is 3.96. The van der Waals surface area contributed by atoms with Gasteiger partial charge >= 0.3 is 5.69 Å². The van der Waals surface area contributed by atoms with Gasteiger partial charge in [0.1, 0.15) is 0 Å². The number of methoxy groups -OCH3 is 1. The number of benzene rings is 3. The molecule has 0 spiro atoms. The SMILES string of the molecule is COc1ccc(C(=O)NN(Cc2ccccc2)c2ccccc2)cc1[N+](=O)[O-]. The summed E-state index contributed by atoms with van der Waals surface area (Å²) in [5.74, 6) is -0.351. The number of rotatable bonds is 7. The molecule has 0 bridgehead atoms. The summed E-state index contributed by atoms with van der Waals surface area (Å²) in [4.78, 5) is 23.4. The van der Waals surface area contributed by atoms with Crippen LogP contribution in [0, 0.1) is 10.1 Å². The van der Waals surface area contributed by atoms with E-state index in [1.807, 2.05) is 60.7 Å². The quantitative estimate of drug-likeness (QED) is 0.498. The van der Waals surface area contributed by atoms with Gasteiger partial charge in [0.05, 0.1) is 24.3 Å². The van der Waals surface area contributed by atoms with E-state index in [0.717, 1.165) is 11.3 Å². The van der Waals surface area contributed by atoms with Gasteiger partial charge in [-0.25, -0.2) is 0 Å². The monoisotopic (exact) mass is 377 g/mol. The second-order valence-corrected chi connectivity index (χ2v) is 5.99. The van der Waals surface area contributed by atoms with Crippen LogP contribution in [-0.4, -0.2) is 17.9 Å². The lowest BCUT2D eigenvalue weighted by Gasteiger charge is -2.25. The van der Waals surface area contributed by atoms with E-state index in [0.29, 0.717) is 6.54 Å². The Kier molecular flexibility index (Phi) is 5.86. The van der Waals surface area contributed by atoms with Crippen molar-refractivity contribution >= 4 is 17.3 Å². The van der Waals surface area contributed by atoms with E-state index in [2.05, 4.69) is 5.43 Å². The van der Waals surface area contributed by atoms with E-state index in [9.17, 15) is 14.9 Å². The number of anilines is 1. The summed E-state index contributed by atoms with van der Waals surface area (Å²) in [5, 5.41) is 12.9. The molecule has 0 radical (unpaired) electrons. The first-order valence-corrected chi connectivity index (χ1v) is 8.58. The van der Waals surface area contributed by atoms with Crippen LogP contribution in [0.5, 0.6) is 5.75 Å². The zero-order valence-electron chi connectivity index (χ0n) is 15.2. The number of nitrogens with one attached hydrogen (secondary N) is 1. The molecular formula is C21H19N3O4. The third kappa shape index (κ3) is 4.45. The highest BCUT2D eigenvalue weighted by Crippen LogP contribution is 2.27. The first-order valence-electron chi connectivity index (χ1n) is 8.58. The first kappa shape index (κ1) is 18.9. The summed E-state index contributed by atoms with van der Waals surface area (Å²) in [6.45, 7) is 0.439. The van der Waals surface area contributed by atoms with Gasteiger partial charge in [-0.3, -0.25) is 25.3 Å². The number of nitro groups is 1. The number of hydrazine groups is 1. The molecule has 3 aromatic rings. The summed E-state index contributed by atoms with van der Waals surface area (Å²) >= 11 is 0. The lowest BCUT2D eigenvalue weighted by molar-refractivity contribution is -0.385. The normalized spacial score (nSPS) is 10.2. The lowest BCUT2D eigenvalue weighted by Crippen LogP contribution is -2.42. The maximum Gasteiger partial charge on any atom is 0.311 e. The van der Waals surface area contributed by atoms with E-state index in [1.54, 1.807) is 5.01 Å². The number of nitro benzene ring substituents is 1. The molecule has 0 aliphatic heterocycles. The van der Waals surface area contributed by atoms with Gasteiger partial charge < -0.3 is 4.74 Å². The highest BCUT2D eigenvalue weighted by molar-refractivity contribution is 5.96. The Labute approximate surface area is 162 Å². The van der Waals surface area contributed by atoms with Crippen molar-refractivity contribution in [1.82, 2.24) is 5.43 Å². The summed E-state index contributed by atoms with van der Waals surface area (Å²) in [6.07, 6.45) is 0. The van der Waals surface area contributed by atoms with Gasteiger partial charge in [0.25, 0.3) is 5.91 Å². The van der Waals surface area contributed by atoms with E-state index < -0.39 is 10.8 Å². The molecule has 0 aromatic heterocycles. The molecule has 0 saturated carbocycles. The smallest absolute Gasteiger partial charge is 0.311 e. The fourth-order valence-corrected chi connectivity index (χ4v) is 2.73. The number of ether oxygens (including phenoxy) is 1. The number of carbonyl (C=O) groups excluding carboxylic acids is 1. The van der Waals surface area contributed by atoms with Gasteiger partial charge in [-0.2, -0.15) is 0 Å². The van der Waals surface area contributed by atoms with Gasteiger partial charge in [0.15, 0.2) is 5.75 Å². The molecule has 142 valence electrons. The topological polar surface area (TPSA) is 84.7 Å². The number of amides is 1. The molecule has 3 rings (SSSR count). The molecular weight excluding hydrogens is 358 g/mol. The number of nitrogens with zero attached hydrogens (tertiary/aromatic N) is 2. The minimum absolute atomic E-state index is 0.103. The maximum atomic E-state index is 12.8. The minimum Gasteiger partial charge on any atom is -0.490 e. The molecule has 0 aliphatic carbocycles. The Balaban J connectivity index is 1.87. The molecule has 0 aliphatic rings. The van der Waals surface area contributed by atoms with Crippen molar-refractivity contribution < 1.29 is 14.5 Å². The van der Waals surface area contributed by atoms with Crippen LogP contribution in [0.1, 0.15) is 15.9 Å². The van der Waals surface area contributed by atoms with E-state index in [1.165, 1.54) is 25.3 Å². The van der Waals surface area contributed by atoms with Gasteiger partial charge in [0.2, 0.25) is 0 Å². The van der Waals surface area contributed by atoms with Gasteiger partial charge in [-0.05, 0) is 29.8 Å². The molecule has 0 saturated heterocycles. The fourth-order valence-electron chi connectivity index (χ4n) is 2.73. The number of hydrogen-bond acceptors (Lipinski definition) is 5. The van der Waals surface area contributed by atoms with Crippen molar-refractivity contribution in [3.05, 3.63) is 100 Å². The predicted molar refractivity (Wildman–Crippen MR) is 106 cm³/mol. The highest BCUT2D eigenvalue weighted by atomic mass is 16.6. The zero-order chi connectivity index (χ0) is 19.9. The fraction of sp³-hybridized carbons (Fsp3) is 0.0952. The minimum atomic E-state index is -0.575. The van der Waals surface area contributed by atoms with Crippen LogP contribution in [0.25, 0.3) is 0 Å². The molecule has 28 heavy (non-hydrogen) atoms. The van der Waals surface area contributed by atoms with Crippen molar-refractivity contribution in [2.75, 3.05) is 12.1 Å². The summed E-state index contributed by atoms with van der Waals surface area (Å²) < 4.78 is 4.99. The standard InChI is InChI=1S/C21H19N3O4/c1-28-20-13-12-17(14-19(20)24(26)27)21(25)22-23(18-10-6-3-7-11-18)15-16-8-4-2-5-9-16/h2-14H,15H2,1H3,(H,22,25). The Hall–Kier alpha value is -3.87. The van der Waals surface area contributed by atoms with Gasteiger partial charge in [-0.15, -0.1) is 0 Å². The Morgan fingerprint density at radius 1 is 1.04 bits per heavy atom. The highest BCUT2D eigenvalue weighted by Gasteiger charge is 2.19. The van der Waals surface area contributed by atoms with Crippen molar-refractivity contribution in [1.29, 1.82) is 0 Å². The zero-order valence-corrected chi connectivity index (χ0v) is 15.2. The number of para-hydroxylation sites is 1. The van der Waals surface area contributed by atoms with Crippen molar-refractivity contribution in [3.8, 4) is 5.75 Å². The second kappa shape index (κ2) is 8.68. The molecule has 0 heterocycles. The van der Waals surface area contributed by atoms with E-state index >= 15 is 0 Å². The summed E-state index contributed by atoms with van der Waals surface area (Å²) in [7, 11) is 1.35. The van der Waals surface area contributed by atoms with Crippen molar-refractivity contribution in [2.45, 2.75) is 6.54 Å². The largest absolute Gasteiger partial charge is 0.490 e. The van der Waals surface area contributed by atoms with Gasteiger partial charge in [0, 0.05) is 11.6 Å². The second-order valence-electron chi connectivity index (χ2n) is 5.99. The molecule has 0 unspecified atom stereocenters. The first-order chi connectivity index (χ1) is 13.6. The average Bonchev–Trinajstić information content (AvgIpc) is 2.74. The average molecular weight is 377 g/mol. The molecule has 0 fully saturated rings. The Morgan fingerprint density at radius 3 is 2.29 bits per heavy atom. The van der Waals surface area contributed by atoms with Crippen LogP contribution in [0.4, 0.5) is 11.4 Å². The molecule has 3 aromatic carbocycles. The van der Waals surface area contributed by atoms with Crippen LogP contribution in [0.3, 0.4) is 0 Å². The van der Waals surface area contributed by atoms with Crippen LogP contribution < -0.4 is 15.2 Å². The number of carbonyl (C=O) groups is 1. The van der Waals surface area contributed by atoms with Crippen LogP contribution in [-0.2, 0) is 6.54 Å². The van der Waals surface area contributed by atoms with Crippen LogP contribution in [0.2, 0.25) is 0 Å². The maximum absolute atomic E-state index is 12.8. The number of hydrogen-bond donors (Lipinski definition) is 1. The Bertz CT molecular complexity index is 962. The van der Waals surface area contributed by atoms with E-state index in [-0.39, 0.29) is 17.0 Å². The lowest BCUT2D eigenvalue weighted by atomic mass is 10.1. The molecule has 7 nitrogen and oxygen atoms in total. The third-order valence-corrected chi connectivity index (χ3v) is 4.13.